The molecule has 0 saturated heterocycles. The largest absolute Gasteiger partial charge is 0.234 e. The molecule has 0 aliphatic rings. The summed E-state index contributed by atoms with van der Waals surface area (Å²) in [5.41, 5.74) is 0. The van der Waals surface area contributed by atoms with Gasteiger partial charge in [-0.25, -0.2) is 16.8 Å². The van der Waals surface area contributed by atoms with Gasteiger partial charge in [0, 0.05) is 21.4 Å². The quantitative estimate of drug-likeness (QED) is 0.714. The second-order valence-corrected chi connectivity index (χ2v) is 8.60. The molecule has 0 aliphatic carbocycles. The van der Waals surface area contributed by atoms with Gasteiger partial charge in [-0.2, -0.15) is 0 Å². The fourth-order valence-corrected chi connectivity index (χ4v) is 0. The van der Waals surface area contributed by atoms with E-state index in [1.165, 1.54) is 20.8 Å². The van der Waals surface area contributed by atoms with E-state index in [0.717, 1.165) is 0 Å². The topological polar surface area (TPSA) is 68.3 Å². The van der Waals surface area contributed by atoms with Crippen molar-refractivity contribution in [2.75, 3.05) is 5.75 Å². The molecule has 8 heteroatoms. The molecule has 0 aliphatic heterocycles. The van der Waals surface area contributed by atoms with Crippen LogP contribution in [0.2, 0.25) is 0 Å². The molecule has 0 aromatic carbocycles. The molecule has 0 unspecified atom stereocenters. The summed E-state index contributed by atoms with van der Waals surface area (Å²) in [6.45, 7) is 4.55. The molecule has 82 valence electrons. The molecule has 0 spiro atoms. The lowest BCUT2D eigenvalue weighted by molar-refractivity contribution is 0.601. The van der Waals surface area contributed by atoms with Crippen molar-refractivity contribution in [2.24, 2.45) is 0 Å². The van der Waals surface area contributed by atoms with Crippen LogP contribution in [0.1, 0.15) is 20.8 Å². The van der Waals surface area contributed by atoms with E-state index < -0.39 is 23.4 Å². The van der Waals surface area contributed by atoms with Crippen LogP contribution < -0.4 is 0 Å². The molecule has 0 fully saturated rings. The van der Waals surface area contributed by atoms with Crippen LogP contribution >= 0.6 is 21.4 Å². The molecule has 0 N–H and O–H groups in total. The molecule has 13 heavy (non-hydrogen) atoms. The highest BCUT2D eigenvalue weighted by atomic mass is 35.7. The normalized spacial score (nSPS) is 12.2. The fraction of sp³-hybridized carbons (Fsp3) is 1.00. The first kappa shape index (κ1) is 15.9. The van der Waals surface area contributed by atoms with E-state index in [1.807, 2.05) is 0 Å². The van der Waals surface area contributed by atoms with Crippen LogP contribution in [0, 0.1) is 0 Å². The Morgan fingerprint density at radius 3 is 1.23 bits per heavy atom. The van der Waals surface area contributed by atoms with Gasteiger partial charge in [0.25, 0.3) is 0 Å². The van der Waals surface area contributed by atoms with Crippen LogP contribution in [-0.2, 0) is 18.1 Å². The summed E-state index contributed by atoms with van der Waals surface area (Å²) in [4.78, 5) is 0. The Hall–Kier alpha value is 0.480. The van der Waals surface area contributed by atoms with Crippen molar-refractivity contribution in [3.8, 4) is 0 Å². The minimum Gasteiger partial charge on any atom is -0.212 e. The Bertz CT molecular complexity index is 316. The summed E-state index contributed by atoms with van der Waals surface area (Å²) >= 11 is 0. The maximum Gasteiger partial charge on any atom is 0.234 e. The Labute approximate surface area is 88.1 Å². The number of hydrogen-bond acceptors (Lipinski definition) is 4. The maximum atomic E-state index is 10.1. The van der Waals surface area contributed by atoms with Gasteiger partial charge in [-0.05, 0) is 13.8 Å². The summed E-state index contributed by atoms with van der Waals surface area (Å²) < 4.78 is 39.7. The van der Waals surface area contributed by atoms with E-state index in [1.54, 1.807) is 0 Å². The fourth-order valence-electron chi connectivity index (χ4n) is 0. The Balaban J connectivity index is 0. The van der Waals surface area contributed by atoms with Crippen molar-refractivity contribution < 1.29 is 16.8 Å². The summed E-state index contributed by atoms with van der Waals surface area (Å²) in [6.07, 6.45) is 0. The van der Waals surface area contributed by atoms with Crippen molar-refractivity contribution >= 4 is 39.5 Å². The molecule has 0 radical (unpaired) electrons. The van der Waals surface area contributed by atoms with E-state index in [2.05, 4.69) is 10.7 Å². The van der Waals surface area contributed by atoms with Crippen LogP contribution in [0.4, 0.5) is 0 Å². The molecule has 0 heterocycles. The Kier molecular flexibility index (Phi) is 7.42. The van der Waals surface area contributed by atoms with Crippen LogP contribution in [0.25, 0.3) is 0 Å². The molecule has 0 amide bonds. The number of rotatable bonds is 2. The Morgan fingerprint density at radius 1 is 1.08 bits per heavy atom. The summed E-state index contributed by atoms with van der Waals surface area (Å²) in [6, 6.07) is 0. The molecule has 0 saturated carbocycles. The zero-order chi connectivity index (χ0) is 11.3. The van der Waals surface area contributed by atoms with Gasteiger partial charge in [0.15, 0.2) is 0 Å². The highest BCUT2D eigenvalue weighted by Crippen LogP contribution is 2.03. The summed E-state index contributed by atoms with van der Waals surface area (Å²) in [5, 5.41) is -0.464. The summed E-state index contributed by atoms with van der Waals surface area (Å²) in [7, 11) is 3.07. The summed E-state index contributed by atoms with van der Waals surface area (Å²) in [5.74, 6) is 0.00849. The van der Waals surface area contributed by atoms with Crippen molar-refractivity contribution in [3.63, 3.8) is 0 Å². The van der Waals surface area contributed by atoms with Gasteiger partial charge in [-0.1, -0.05) is 6.92 Å². The lowest BCUT2D eigenvalue weighted by atomic mass is 10.6. The van der Waals surface area contributed by atoms with E-state index in [0.29, 0.717) is 0 Å². The molecular weight excluding hydrogens is 259 g/mol. The number of halogens is 2. The first-order valence-electron chi connectivity index (χ1n) is 3.36. The maximum absolute atomic E-state index is 10.1. The van der Waals surface area contributed by atoms with Crippen molar-refractivity contribution in [1.29, 1.82) is 0 Å². The molecule has 0 aromatic rings. The Morgan fingerprint density at radius 2 is 1.23 bits per heavy atom. The number of hydrogen-bond donors (Lipinski definition) is 0. The first-order chi connectivity index (χ1) is 5.50. The van der Waals surface area contributed by atoms with Gasteiger partial charge >= 0.3 is 0 Å². The lowest BCUT2D eigenvalue weighted by Crippen LogP contribution is -2.04. The predicted octanol–water partition coefficient (Wildman–Crippen LogP) is 1.54. The van der Waals surface area contributed by atoms with Gasteiger partial charge in [-0.15, -0.1) is 0 Å². The zero-order valence-corrected chi connectivity index (χ0v) is 10.6. The highest BCUT2D eigenvalue weighted by Gasteiger charge is 2.09. The van der Waals surface area contributed by atoms with E-state index in [-0.39, 0.29) is 5.75 Å². The average Bonchev–Trinajstić information content (AvgIpc) is 1.85. The van der Waals surface area contributed by atoms with Crippen molar-refractivity contribution in [3.05, 3.63) is 0 Å². The second kappa shape index (κ2) is 6.06. The highest BCUT2D eigenvalue weighted by molar-refractivity contribution is 8.14. The minimum atomic E-state index is -3.27. The van der Waals surface area contributed by atoms with Gasteiger partial charge < -0.3 is 0 Å². The third-order valence-electron chi connectivity index (χ3n) is 0.908. The minimum absolute atomic E-state index is 0.00849. The van der Waals surface area contributed by atoms with Gasteiger partial charge in [0.05, 0.1) is 11.0 Å². The smallest absolute Gasteiger partial charge is 0.212 e. The monoisotopic (exact) mass is 270 g/mol. The molecule has 4 nitrogen and oxygen atoms in total. The SMILES string of the molecule is CC(C)S(=O)(=O)Cl.CCS(=O)(=O)Cl. The molecular formula is C5H12Cl2O4S2. The van der Waals surface area contributed by atoms with Gasteiger partial charge in [0.2, 0.25) is 18.1 Å². The second-order valence-electron chi connectivity index (χ2n) is 2.35. The third kappa shape index (κ3) is 15.3. The third-order valence-corrected chi connectivity index (χ3v) is 4.45. The molecule has 0 aromatic heterocycles. The molecule has 0 bridgehead atoms. The predicted molar refractivity (Wildman–Crippen MR) is 55.2 cm³/mol. The first-order valence-corrected chi connectivity index (χ1v) is 8.21. The lowest BCUT2D eigenvalue weighted by Gasteiger charge is -1.93. The zero-order valence-electron chi connectivity index (χ0n) is 7.49. The van der Waals surface area contributed by atoms with Crippen molar-refractivity contribution in [2.45, 2.75) is 26.0 Å². The van der Waals surface area contributed by atoms with Crippen LogP contribution in [0.15, 0.2) is 0 Å². The van der Waals surface area contributed by atoms with E-state index in [4.69, 9.17) is 10.7 Å². The van der Waals surface area contributed by atoms with Crippen molar-refractivity contribution in [1.82, 2.24) is 0 Å². The van der Waals surface area contributed by atoms with E-state index in [9.17, 15) is 16.8 Å². The van der Waals surface area contributed by atoms with Gasteiger partial charge in [-0.3, -0.25) is 0 Å². The van der Waals surface area contributed by atoms with Crippen LogP contribution in [0.3, 0.4) is 0 Å². The van der Waals surface area contributed by atoms with Crippen LogP contribution in [-0.4, -0.2) is 27.8 Å². The standard InChI is InChI=1S/C3H7ClO2S.C2H5ClO2S/c1-3(2)7(4,5)6;1-2-6(3,4)5/h3H,1-2H3;2H2,1H3. The average molecular weight is 271 g/mol. The van der Waals surface area contributed by atoms with Gasteiger partial charge in [0.1, 0.15) is 0 Å². The molecule has 0 rings (SSSR count). The van der Waals surface area contributed by atoms with Crippen LogP contribution in [0.5, 0.6) is 0 Å². The van der Waals surface area contributed by atoms with E-state index >= 15 is 0 Å². The molecule has 0 atom stereocenters.